The van der Waals surface area contributed by atoms with Crippen LogP contribution in [0.4, 0.5) is 5.82 Å². The van der Waals surface area contributed by atoms with Gasteiger partial charge >= 0.3 is 0 Å². The van der Waals surface area contributed by atoms with Crippen molar-refractivity contribution in [3.05, 3.63) is 42.6 Å². The van der Waals surface area contributed by atoms with Crippen molar-refractivity contribution in [2.24, 2.45) is 7.05 Å². The van der Waals surface area contributed by atoms with Crippen molar-refractivity contribution >= 4 is 27.9 Å². The van der Waals surface area contributed by atoms with Crippen molar-refractivity contribution < 1.29 is 0 Å². The molecule has 0 aliphatic rings. The molecular formula is C16H17N7. The first kappa shape index (κ1) is 13.7. The third-order valence-corrected chi connectivity index (χ3v) is 3.85. The fourth-order valence-electron chi connectivity index (χ4n) is 2.69. The molecule has 4 rings (SSSR count). The number of aromatic amines is 1. The van der Waals surface area contributed by atoms with Crippen LogP contribution >= 0.6 is 0 Å². The Morgan fingerprint density at radius 1 is 1.22 bits per heavy atom. The topological polar surface area (TPSA) is 84.3 Å². The number of aromatic nitrogens is 6. The lowest BCUT2D eigenvalue weighted by Gasteiger charge is -2.05. The molecule has 0 aliphatic carbocycles. The molecule has 116 valence electrons. The van der Waals surface area contributed by atoms with Crippen molar-refractivity contribution in [1.82, 2.24) is 29.7 Å². The minimum Gasteiger partial charge on any atom is -0.369 e. The molecule has 7 nitrogen and oxygen atoms in total. The van der Waals surface area contributed by atoms with E-state index in [2.05, 4.69) is 30.4 Å². The van der Waals surface area contributed by atoms with Crippen LogP contribution in [0.2, 0.25) is 0 Å². The number of rotatable bonds is 5. The molecule has 0 spiro atoms. The normalized spacial score (nSPS) is 11.3. The molecule has 0 saturated carbocycles. The highest BCUT2D eigenvalue weighted by molar-refractivity contribution is 5.85. The number of para-hydroxylation sites is 2. The summed E-state index contributed by atoms with van der Waals surface area (Å²) in [6.45, 7) is 0.818. The predicted octanol–water partition coefficient (Wildman–Crippen LogP) is 2.28. The van der Waals surface area contributed by atoms with Gasteiger partial charge in [0, 0.05) is 20.0 Å². The molecule has 3 aromatic heterocycles. The number of H-pyrrole nitrogens is 1. The first-order valence-corrected chi connectivity index (χ1v) is 7.61. The minimum absolute atomic E-state index is 0.818. The number of nitrogens with one attached hydrogen (secondary N) is 2. The first-order chi connectivity index (χ1) is 11.3. The summed E-state index contributed by atoms with van der Waals surface area (Å²) in [6, 6.07) is 8.08. The van der Waals surface area contributed by atoms with Crippen LogP contribution in [0.25, 0.3) is 22.1 Å². The zero-order valence-electron chi connectivity index (χ0n) is 12.8. The van der Waals surface area contributed by atoms with Crippen LogP contribution in [0.15, 0.2) is 36.8 Å². The molecule has 0 bridgehead atoms. The Bertz CT molecular complexity index is 920. The second-order valence-electron chi connectivity index (χ2n) is 5.46. The van der Waals surface area contributed by atoms with Gasteiger partial charge in [-0.15, -0.1) is 0 Å². The smallest absolute Gasteiger partial charge is 0.163 e. The lowest BCUT2D eigenvalue weighted by molar-refractivity contribution is 0.785. The summed E-state index contributed by atoms with van der Waals surface area (Å²) in [6.07, 6.45) is 5.21. The van der Waals surface area contributed by atoms with E-state index in [4.69, 9.17) is 0 Å². The van der Waals surface area contributed by atoms with Gasteiger partial charge in [-0.05, 0) is 18.6 Å². The maximum atomic E-state index is 4.59. The standard InChI is InChI=1S/C16H17N7/c1-23-16-11(9-20-23)15(18-10-19-16)17-8-4-7-14-21-12-5-2-3-6-13(12)22-14/h2-3,5-6,9-10H,4,7-8H2,1H3,(H,21,22)(H,17,18,19). The highest BCUT2D eigenvalue weighted by Crippen LogP contribution is 2.17. The Morgan fingerprint density at radius 3 is 3.04 bits per heavy atom. The third-order valence-electron chi connectivity index (χ3n) is 3.85. The molecule has 0 fully saturated rings. The van der Waals surface area contributed by atoms with Gasteiger partial charge in [0.15, 0.2) is 5.65 Å². The van der Waals surface area contributed by atoms with Gasteiger partial charge in [-0.2, -0.15) is 5.10 Å². The van der Waals surface area contributed by atoms with E-state index in [0.717, 1.165) is 53.1 Å². The Labute approximate surface area is 132 Å². The molecule has 4 aromatic rings. The van der Waals surface area contributed by atoms with Crippen LogP contribution in [0, 0.1) is 0 Å². The van der Waals surface area contributed by atoms with Crippen LogP contribution in [-0.4, -0.2) is 36.3 Å². The Hall–Kier alpha value is -2.96. The van der Waals surface area contributed by atoms with Crippen LogP contribution < -0.4 is 5.32 Å². The predicted molar refractivity (Wildman–Crippen MR) is 89.2 cm³/mol. The van der Waals surface area contributed by atoms with E-state index < -0.39 is 0 Å². The lowest BCUT2D eigenvalue weighted by Crippen LogP contribution is -2.06. The van der Waals surface area contributed by atoms with Crippen LogP contribution in [0.5, 0.6) is 0 Å². The third kappa shape index (κ3) is 2.61. The summed E-state index contributed by atoms with van der Waals surface area (Å²) < 4.78 is 1.75. The Balaban J connectivity index is 1.39. The van der Waals surface area contributed by atoms with Gasteiger partial charge < -0.3 is 10.3 Å². The summed E-state index contributed by atoms with van der Waals surface area (Å²) >= 11 is 0. The van der Waals surface area contributed by atoms with Crippen molar-refractivity contribution in [2.75, 3.05) is 11.9 Å². The minimum atomic E-state index is 0.818. The van der Waals surface area contributed by atoms with Gasteiger partial charge in [0.1, 0.15) is 18.0 Å². The summed E-state index contributed by atoms with van der Waals surface area (Å²) in [7, 11) is 1.88. The van der Waals surface area contributed by atoms with Gasteiger partial charge in [-0.1, -0.05) is 12.1 Å². The highest BCUT2D eigenvalue weighted by Gasteiger charge is 2.07. The van der Waals surface area contributed by atoms with E-state index in [1.54, 1.807) is 17.2 Å². The van der Waals surface area contributed by atoms with E-state index >= 15 is 0 Å². The number of nitrogens with zero attached hydrogens (tertiary/aromatic N) is 5. The highest BCUT2D eigenvalue weighted by atomic mass is 15.3. The van der Waals surface area contributed by atoms with Gasteiger partial charge in [-0.3, -0.25) is 4.68 Å². The number of hydrogen-bond acceptors (Lipinski definition) is 5. The van der Waals surface area contributed by atoms with Crippen LogP contribution in [0.3, 0.4) is 0 Å². The van der Waals surface area contributed by atoms with E-state index in [9.17, 15) is 0 Å². The summed E-state index contributed by atoms with van der Waals surface area (Å²) in [5.74, 6) is 1.84. The lowest BCUT2D eigenvalue weighted by atomic mass is 10.3. The molecule has 0 unspecified atom stereocenters. The number of aryl methyl sites for hydroxylation is 2. The fourth-order valence-corrected chi connectivity index (χ4v) is 2.69. The molecule has 2 N–H and O–H groups in total. The second kappa shape index (κ2) is 5.68. The molecule has 0 radical (unpaired) electrons. The molecule has 23 heavy (non-hydrogen) atoms. The quantitative estimate of drug-likeness (QED) is 0.553. The van der Waals surface area contributed by atoms with Gasteiger partial charge in [0.25, 0.3) is 0 Å². The van der Waals surface area contributed by atoms with Gasteiger partial charge in [0.05, 0.1) is 22.6 Å². The molecule has 0 amide bonds. The van der Waals surface area contributed by atoms with E-state index in [-0.39, 0.29) is 0 Å². The largest absolute Gasteiger partial charge is 0.369 e. The van der Waals surface area contributed by atoms with Crippen molar-refractivity contribution in [3.63, 3.8) is 0 Å². The maximum Gasteiger partial charge on any atom is 0.163 e. The Morgan fingerprint density at radius 2 is 2.13 bits per heavy atom. The van der Waals surface area contributed by atoms with Gasteiger partial charge in [0.2, 0.25) is 0 Å². The van der Waals surface area contributed by atoms with E-state index in [0.29, 0.717) is 0 Å². The van der Waals surface area contributed by atoms with Gasteiger partial charge in [-0.25, -0.2) is 15.0 Å². The average molecular weight is 307 g/mol. The van der Waals surface area contributed by atoms with Crippen LogP contribution in [0.1, 0.15) is 12.2 Å². The molecule has 0 aliphatic heterocycles. The molecule has 0 saturated heterocycles. The zero-order chi connectivity index (χ0) is 15.6. The second-order valence-corrected chi connectivity index (χ2v) is 5.46. The number of hydrogen-bond donors (Lipinski definition) is 2. The molecule has 0 atom stereocenters. The number of imidazole rings is 1. The van der Waals surface area contributed by atoms with Crippen molar-refractivity contribution in [2.45, 2.75) is 12.8 Å². The summed E-state index contributed by atoms with van der Waals surface area (Å²) in [5.41, 5.74) is 2.94. The molecule has 3 heterocycles. The maximum absolute atomic E-state index is 4.59. The number of fused-ring (bicyclic) bond motifs is 2. The first-order valence-electron chi connectivity index (χ1n) is 7.61. The SMILES string of the molecule is Cn1ncc2c(NCCCc3nc4ccccc4[nH]3)ncnc21. The van der Waals surface area contributed by atoms with Crippen molar-refractivity contribution in [3.8, 4) is 0 Å². The Kier molecular flexibility index (Phi) is 3.38. The number of benzene rings is 1. The molecule has 7 heteroatoms. The zero-order valence-corrected chi connectivity index (χ0v) is 12.8. The summed E-state index contributed by atoms with van der Waals surface area (Å²) in [4.78, 5) is 16.5. The fraction of sp³-hybridized carbons (Fsp3) is 0.250. The monoisotopic (exact) mass is 307 g/mol. The number of anilines is 1. The molecular weight excluding hydrogens is 290 g/mol. The average Bonchev–Trinajstić information content (AvgIpc) is 3.15. The molecule has 1 aromatic carbocycles. The van der Waals surface area contributed by atoms with Crippen LogP contribution in [-0.2, 0) is 13.5 Å². The summed E-state index contributed by atoms with van der Waals surface area (Å²) in [5, 5.41) is 8.52. The van der Waals surface area contributed by atoms with E-state index in [1.165, 1.54) is 0 Å². The van der Waals surface area contributed by atoms with Crippen molar-refractivity contribution in [1.29, 1.82) is 0 Å². The van der Waals surface area contributed by atoms with E-state index in [1.807, 2.05) is 31.3 Å².